The summed E-state index contributed by atoms with van der Waals surface area (Å²) < 4.78 is 43.8. The van der Waals surface area contributed by atoms with E-state index in [2.05, 4.69) is 0 Å². The number of ether oxygens (including phenoxy) is 1. The van der Waals surface area contributed by atoms with Crippen LogP contribution in [0.15, 0.2) is 18.2 Å². The number of rotatable bonds is 2. The van der Waals surface area contributed by atoms with Gasteiger partial charge >= 0.3 is 18.2 Å². The van der Waals surface area contributed by atoms with Gasteiger partial charge < -0.3 is 14.7 Å². The molecule has 0 saturated carbocycles. The Labute approximate surface area is 149 Å². The predicted octanol–water partition coefficient (Wildman–Crippen LogP) is 4.52. The van der Waals surface area contributed by atoms with Crippen LogP contribution in [0.1, 0.15) is 61.0 Å². The summed E-state index contributed by atoms with van der Waals surface area (Å²) in [5, 5.41) is 9.30. The lowest BCUT2D eigenvalue weighted by Gasteiger charge is -2.34. The second-order valence-corrected chi connectivity index (χ2v) is 7.35. The van der Waals surface area contributed by atoms with Crippen LogP contribution in [-0.2, 0) is 10.9 Å². The first-order valence-corrected chi connectivity index (χ1v) is 8.31. The molecule has 1 N–H and O–H groups in total. The number of carbonyl (C=O) groups is 2. The summed E-state index contributed by atoms with van der Waals surface area (Å²) >= 11 is 0. The van der Waals surface area contributed by atoms with E-state index in [1.807, 2.05) is 0 Å². The van der Waals surface area contributed by atoms with Crippen molar-refractivity contribution in [1.29, 1.82) is 0 Å². The van der Waals surface area contributed by atoms with Crippen LogP contribution in [0.3, 0.4) is 0 Å². The highest BCUT2D eigenvalue weighted by molar-refractivity contribution is 5.90. The highest BCUT2D eigenvalue weighted by atomic mass is 19.4. The summed E-state index contributed by atoms with van der Waals surface area (Å²) in [6, 6.07) is 2.82. The van der Waals surface area contributed by atoms with E-state index in [0.29, 0.717) is 37.6 Å². The van der Waals surface area contributed by atoms with E-state index in [1.54, 1.807) is 20.8 Å². The average Bonchev–Trinajstić information content (AvgIpc) is 2.52. The third-order valence-corrected chi connectivity index (χ3v) is 4.20. The second-order valence-electron chi connectivity index (χ2n) is 7.35. The van der Waals surface area contributed by atoms with Crippen molar-refractivity contribution in [3.63, 3.8) is 0 Å². The quantitative estimate of drug-likeness (QED) is 0.828. The fraction of sp³-hybridized carbons (Fsp3) is 0.556. The van der Waals surface area contributed by atoms with Crippen molar-refractivity contribution in [3.8, 4) is 0 Å². The van der Waals surface area contributed by atoms with Crippen molar-refractivity contribution in [2.45, 2.75) is 51.3 Å². The molecule has 0 atom stereocenters. The molecule has 8 heteroatoms. The van der Waals surface area contributed by atoms with E-state index in [4.69, 9.17) is 4.74 Å². The Morgan fingerprint density at radius 2 is 1.73 bits per heavy atom. The average molecular weight is 373 g/mol. The third-order valence-electron chi connectivity index (χ3n) is 4.20. The number of benzene rings is 1. The first-order valence-electron chi connectivity index (χ1n) is 8.31. The number of carbonyl (C=O) groups excluding carboxylic acids is 1. The molecule has 1 aliphatic heterocycles. The van der Waals surface area contributed by atoms with Crippen LogP contribution in [0.25, 0.3) is 0 Å². The van der Waals surface area contributed by atoms with Gasteiger partial charge in [-0.1, -0.05) is 6.07 Å². The van der Waals surface area contributed by atoms with Gasteiger partial charge in [-0.05, 0) is 57.2 Å². The topological polar surface area (TPSA) is 66.8 Å². The molecule has 0 spiro atoms. The van der Waals surface area contributed by atoms with Crippen LogP contribution in [0.5, 0.6) is 0 Å². The fourth-order valence-electron chi connectivity index (χ4n) is 2.97. The molecule has 1 aliphatic rings. The number of nitrogens with zero attached hydrogens (tertiary/aromatic N) is 1. The van der Waals surface area contributed by atoms with Gasteiger partial charge in [0.05, 0.1) is 11.1 Å². The molecule has 1 amide bonds. The lowest BCUT2D eigenvalue weighted by molar-refractivity contribution is -0.137. The Morgan fingerprint density at radius 3 is 2.19 bits per heavy atom. The lowest BCUT2D eigenvalue weighted by Crippen LogP contribution is -2.41. The van der Waals surface area contributed by atoms with Crippen LogP contribution in [-0.4, -0.2) is 40.8 Å². The molecule has 0 aliphatic carbocycles. The van der Waals surface area contributed by atoms with E-state index < -0.39 is 29.4 Å². The molecule has 1 aromatic carbocycles. The van der Waals surface area contributed by atoms with Crippen molar-refractivity contribution >= 4 is 12.1 Å². The molecule has 144 valence electrons. The summed E-state index contributed by atoms with van der Waals surface area (Å²) in [6.45, 7) is 6.01. The Hall–Kier alpha value is -2.25. The first kappa shape index (κ1) is 20.1. The summed E-state index contributed by atoms with van der Waals surface area (Å²) in [7, 11) is 0. The summed E-state index contributed by atoms with van der Waals surface area (Å²) in [5.74, 6) is -1.61. The minimum Gasteiger partial charge on any atom is -0.478 e. The van der Waals surface area contributed by atoms with Crippen molar-refractivity contribution in [3.05, 3.63) is 34.9 Å². The smallest absolute Gasteiger partial charge is 0.416 e. The van der Waals surface area contributed by atoms with Crippen LogP contribution >= 0.6 is 0 Å². The molecular formula is C18H22F3NO4. The van der Waals surface area contributed by atoms with Crippen LogP contribution in [0.2, 0.25) is 0 Å². The van der Waals surface area contributed by atoms with Crippen LogP contribution in [0.4, 0.5) is 18.0 Å². The van der Waals surface area contributed by atoms with E-state index in [9.17, 15) is 27.9 Å². The number of hydrogen-bond donors (Lipinski definition) is 1. The van der Waals surface area contributed by atoms with E-state index in [0.717, 1.165) is 6.07 Å². The standard InChI is InChI=1S/C18H22F3NO4/c1-17(2,3)26-16(25)22-8-6-11(7-9-22)13-5-4-12(18(19,20)21)10-14(13)15(23)24/h4-5,10-11H,6-9H2,1-3H3,(H,23,24). The number of aromatic carboxylic acids is 1. The molecule has 26 heavy (non-hydrogen) atoms. The van der Waals surface area contributed by atoms with E-state index in [1.165, 1.54) is 11.0 Å². The minimum absolute atomic E-state index is 0.220. The van der Waals surface area contributed by atoms with Gasteiger partial charge in [-0.15, -0.1) is 0 Å². The molecule has 2 rings (SSSR count). The number of hydrogen-bond acceptors (Lipinski definition) is 3. The van der Waals surface area contributed by atoms with Gasteiger partial charge in [0.2, 0.25) is 0 Å². The number of halogens is 3. The Kier molecular flexibility index (Phi) is 5.53. The lowest BCUT2D eigenvalue weighted by atomic mass is 9.85. The van der Waals surface area contributed by atoms with E-state index >= 15 is 0 Å². The van der Waals surface area contributed by atoms with Crippen molar-refractivity contribution in [2.75, 3.05) is 13.1 Å². The maximum absolute atomic E-state index is 12.8. The number of piperidine rings is 1. The number of carboxylic acid groups (broad SMARTS) is 1. The zero-order valence-electron chi connectivity index (χ0n) is 14.9. The predicted molar refractivity (Wildman–Crippen MR) is 88.2 cm³/mol. The first-order chi connectivity index (χ1) is 11.9. The molecule has 1 heterocycles. The van der Waals surface area contributed by atoms with Crippen molar-refractivity contribution in [2.24, 2.45) is 0 Å². The van der Waals surface area contributed by atoms with Gasteiger partial charge in [0, 0.05) is 13.1 Å². The highest BCUT2D eigenvalue weighted by Crippen LogP contribution is 2.35. The summed E-state index contributed by atoms with van der Waals surface area (Å²) in [4.78, 5) is 25.0. The molecule has 0 bridgehead atoms. The molecule has 0 radical (unpaired) electrons. The fourth-order valence-corrected chi connectivity index (χ4v) is 2.97. The number of alkyl halides is 3. The van der Waals surface area contributed by atoms with Crippen molar-refractivity contribution < 1.29 is 32.6 Å². The van der Waals surface area contributed by atoms with Crippen molar-refractivity contribution in [1.82, 2.24) is 4.90 Å². The molecule has 5 nitrogen and oxygen atoms in total. The molecule has 0 unspecified atom stereocenters. The maximum atomic E-state index is 12.8. The Morgan fingerprint density at radius 1 is 1.15 bits per heavy atom. The monoisotopic (exact) mass is 373 g/mol. The van der Waals surface area contributed by atoms with Gasteiger partial charge in [0.25, 0.3) is 0 Å². The third kappa shape index (κ3) is 4.89. The number of likely N-dealkylation sites (tertiary alicyclic amines) is 1. The maximum Gasteiger partial charge on any atom is 0.416 e. The van der Waals surface area contributed by atoms with Crippen LogP contribution in [0, 0.1) is 0 Å². The van der Waals surface area contributed by atoms with Gasteiger partial charge in [-0.25, -0.2) is 9.59 Å². The summed E-state index contributed by atoms with van der Waals surface area (Å²) in [6.07, 6.45) is -4.11. The highest BCUT2D eigenvalue weighted by Gasteiger charge is 2.34. The summed E-state index contributed by atoms with van der Waals surface area (Å²) in [5.41, 5.74) is -1.56. The number of amides is 1. The van der Waals surface area contributed by atoms with Gasteiger partial charge in [0.1, 0.15) is 5.60 Å². The van der Waals surface area contributed by atoms with E-state index in [-0.39, 0.29) is 11.5 Å². The van der Waals surface area contributed by atoms with Gasteiger partial charge in [0.15, 0.2) is 0 Å². The zero-order chi connectivity index (χ0) is 19.7. The Bertz CT molecular complexity index is 687. The molecule has 1 saturated heterocycles. The largest absolute Gasteiger partial charge is 0.478 e. The molecule has 1 aromatic rings. The minimum atomic E-state index is -4.59. The van der Waals surface area contributed by atoms with Gasteiger partial charge in [-0.3, -0.25) is 0 Å². The molecular weight excluding hydrogens is 351 g/mol. The molecule has 0 aromatic heterocycles. The van der Waals surface area contributed by atoms with Gasteiger partial charge in [-0.2, -0.15) is 13.2 Å². The Balaban J connectivity index is 2.14. The molecule has 1 fully saturated rings. The number of carboxylic acids is 1. The zero-order valence-corrected chi connectivity index (χ0v) is 14.9. The normalized spacial score (nSPS) is 16.5. The SMILES string of the molecule is CC(C)(C)OC(=O)N1CCC(c2ccc(C(F)(F)F)cc2C(=O)O)CC1. The van der Waals surface area contributed by atoms with Crippen LogP contribution < -0.4 is 0 Å². The second kappa shape index (κ2) is 7.17.